The Morgan fingerprint density at radius 3 is 2.60 bits per heavy atom. The molecule has 2 rings (SSSR count). The fourth-order valence-corrected chi connectivity index (χ4v) is 2.47. The number of aryl methyl sites for hydroxylation is 1. The largest absolute Gasteiger partial charge is 0.333 e. The lowest BCUT2D eigenvalue weighted by Gasteiger charge is -2.06. The normalized spacial score (nSPS) is 10.7. The molecular weight excluding hydrogens is 299 g/mol. The van der Waals surface area contributed by atoms with Gasteiger partial charge in [-0.25, -0.2) is 4.98 Å². The number of benzene rings is 1. The average molecular weight is 306 g/mol. The Bertz CT molecular complexity index is 489. The predicted octanol–water partition coefficient (Wildman–Crippen LogP) is 4.16. The quantitative estimate of drug-likeness (QED) is 0.773. The molecule has 0 unspecified atom stereocenters. The first-order valence-electron chi connectivity index (χ1n) is 4.22. The second-order valence-electron chi connectivity index (χ2n) is 3.12. The molecule has 1 heterocycles. The highest BCUT2D eigenvalue weighted by Gasteiger charge is 2.12. The summed E-state index contributed by atoms with van der Waals surface area (Å²) >= 11 is 15.3. The molecule has 2 aromatic rings. The molecule has 0 spiro atoms. The Balaban J connectivity index is 2.64. The minimum atomic E-state index is 0.617. The van der Waals surface area contributed by atoms with Gasteiger partial charge in [0.05, 0.1) is 17.0 Å². The number of hydrogen-bond acceptors (Lipinski definition) is 1. The topological polar surface area (TPSA) is 17.8 Å². The summed E-state index contributed by atoms with van der Waals surface area (Å²) in [5.74, 6) is 0. The minimum Gasteiger partial charge on any atom is -0.333 e. The number of aromatic nitrogens is 2. The van der Waals surface area contributed by atoms with Crippen molar-refractivity contribution >= 4 is 39.1 Å². The monoisotopic (exact) mass is 304 g/mol. The second-order valence-corrected chi connectivity index (χ2v) is 4.71. The van der Waals surface area contributed by atoms with Crippen LogP contribution < -0.4 is 0 Å². The van der Waals surface area contributed by atoms with Gasteiger partial charge >= 0.3 is 0 Å². The highest BCUT2D eigenvalue weighted by molar-refractivity contribution is 9.10. The molecule has 0 aliphatic rings. The van der Waals surface area contributed by atoms with Gasteiger partial charge in [-0.05, 0) is 34.1 Å². The van der Waals surface area contributed by atoms with Crippen molar-refractivity contribution in [2.24, 2.45) is 7.05 Å². The first kappa shape index (κ1) is 11.0. The zero-order chi connectivity index (χ0) is 11.0. The van der Waals surface area contributed by atoms with E-state index in [9.17, 15) is 0 Å². The third-order valence-electron chi connectivity index (χ3n) is 2.08. The number of rotatable bonds is 1. The summed E-state index contributed by atoms with van der Waals surface area (Å²) in [4.78, 5) is 4.14. The van der Waals surface area contributed by atoms with E-state index < -0.39 is 0 Å². The fourth-order valence-electron chi connectivity index (χ4n) is 1.38. The Hall–Kier alpha value is -0.510. The highest BCUT2D eigenvalue weighted by atomic mass is 79.9. The van der Waals surface area contributed by atoms with E-state index in [-0.39, 0.29) is 0 Å². The molecule has 0 atom stereocenters. The van der Waals surface area contributed by atoms with Crippen molar-refractivity contribution in [1.82, 2.24) is 9.55 Å². The van der Waals surface area contributed by atoms with Crippen LogP contribution in [-0.4, -0.2) is 9.55 Å². The molecule has 0 fully saturated rings. The summed E-state index contributed by atoms with van der Waals surface area (Å²) < 4.78 is 2.67. The maximum absolute atomic E-state index is 6.12. The van der Waals surface area contributed by atoms with E-state index in [4.69, 9.17) is 23.2 Å². The standard InChI is InChI=1S/C10H7BrCl2N2/c1-15-5-14-10(11)9(15)7-3-2-6(12)4-8(7)13/h2-5H,1H3. The summed E-state index contributed by atoms with van der Waals surface area (Å²) in [6.45, 7) is 0. The van der Waals surface area contributed by atoms with Crippen molar-refractivity contribution in [3.05, 3.63) is 39.2 Å². The first-order valence-corrected chi connectivity index (χ1v) is 5.76. The average Bonchev–Trinajstić information content (AvgIpc) is 2.48. The van der Waals surface area contributed by atoms with E-state index in [1.807, 2.05) is 23.7 Å². The van der Waals surface area contributed by atoms with Crippen molar-refractivity contribution in [2.75, 3.05) is 0 Å². The smallest absolute Gasteiger partial charge is 0.132 e. The third kappa shape index (κ3) is 2.05. The Labute approximate surface area is 106 Å². The van der Waals surface area contributed by atoms with Gasteiger partial charge in [-0.2, -0.15) is 0 Å². The van der Waals surface area contributed by atoms with Crippen LogP contribution in [0, 0.1) is 0 Å². The predicted molar refractivity (Wildman–Crippen MR) is 66.4 cm³/mol. The van der Waals surface area contributed by atoms with Gasteiger partial charge in [0.15, 0.2) is 0 Å². The van der Waals surface area contributed by atoms with Gasteiger partial charge in [0.2, 0.25) is 0 Å². The van der Waals surface area contributed by atoms with Crippen LogP contribution in [0.15, 0.2) is 29.1 Å². The number of nitrogens with zero attached hydrogens (tertiary/aromatic N) is 2. The van der Waals surface area contributed by atoms with Crippen molar-refractivity contribution in [1.29, 1.82) is 0 Å². The first-order chi connectivity index (χ1) is 7.09. The molecule has 0 aliphatic carbocycles. The van der Waals surface area contributed by atoms with Crippen molar-refractivity contribution in [3.63, 3.8) is 0 Å². The molecule has 5 heteroatoms. The molecule has 0 saturated carbocycles. The molecule has 0 bridgehead atoms. The summed E-state index contributed by atoms with van der Waals surface area (Å²) in [7, 11) is 1.91. The van der Waals surface area contributed by atoms with Crippen LogP contribution in [0.25, 0.3) is 11.3 Å². The van der Waals surface area contributed by atoms with E-state index in [2.05, 4.69) is 20.9 Å². The summed E-state index contributed by atoms with van der Waals surface area (Å²) in [5.41, 5.74) is 1.85. The lowest BCUT2D eigenvalue weighted by molar-refractivity contribution is 0.921. The summed E-state index contributed by atoms with van der Waals surface area (Å²) in [6.07, 6.45) is 1.73. The lowest BCUT2D eigenvalue weighted by atomic mass is 10.2. The Morgan fingerprint density at radius 1 is 1.33 bits per heavy atom. The van der Waals surface area contributed by atoms with Crippen LogP contribution >= 0.6 is 39.1 Å². The molecule has 0 amide bonds. The fraction of sp³-hybridized carbons (Fsp3) is 0.100. The van der Waals surface area contributed by atoms with E-state index >= 15 is 0 Å². The van der Waals surface area contributed by atoms with E-state index in [0.29, 0.717) is 10.0 Å². The zero-order valence-electron chi connectivity index (χ0n) is 7.84. The van der Waals surface area contributed by atoms with Gasteiger partial charge < -0.3 is 4.57 Å². The second kappa shape index (κ2) is 4.16. The van der Waals surface area contributed by atoms with Crippen molar-refractivity contribution < 1.29 is 0 Å². The summed E-state index contributed by atoms with van der Waals surface area (Å²) in [6, 6.07) is 5.41. The van der Waals surface area contributed by atoms with Crippen LogP contribution in [-0.2, 0) is 7.05 Å². The maximum atomic E-state index is 6.12. The van der Waals surface area contributed by atoms with E-state index in [1.165, 1.54) is 0 Å². The van der Waals surface area contributed by atoms with Crippen molar-refractivity contribution in [3.8, 4) is 11.3 Å². The van der Waals surface area contributed by atoms with Gasteiger partial charge in [0.25, 0.3) is 0 Å². The zero-order valence-corrected chi connectivity index (χ0v) is 10.9. The molecule has 78 valence electrons. The number of hydrogen-bond donors (Lipinski definition) is 0. The summed E-state index contributed by atoms with van der Waals surface area (Å²) in [5, 5.41) is 1.24. The maximum Gasteiger partial charge on any atom is 0.132 e. The van der Waals surface area contributed by atoms with Crippen LogP contribution in [0.3, 0.4) is 0 Å². The lowest BCUT2D eigenvalue weighted by Crippen LogP contribution is -1.90. The molecule has 15 heavy (non-hydrogen) atoms. The van der Waals surface area contributed by atoms with Crippen molar-refractivity contribution in [2.45, 2.75) is 0 Å². The molecular formula is C10H7BrCl2N2. The van der Waals surface area contributed by atoms with E-state index in [0.717, 1.165) is 15.9 Å². The molecule has 1 aromatic carbocycles. The molecule has 0 aliphatic heterocycles. The molecule has 0 N–H and O–H groups in total. The van der Waals surface area contributed by atoms with Gasteiger partial charge in [-0.15, -0.1) is 0 Å². The van der Waals surface area contributed by atoms with E-state index in [1.54, 1.807) is 12.4 Å². The van der Waals surface area contributed by atoms with Gasteiger partial charge in [0.1, 0.15) is 4.60 Å². The Morgan fingerprint density at radius 2 is 2.07 bits per heavy atom. The molecule has 0 saturated heterocycles. The SMILES string of the molecule is Cn1cnc(Br)c1-c1ccc(Cl)cc1Cl. The van der Waals surface area contributed by atoms with Gasteiger partial charge in [0, 0.05) is 17.6 Å². The van der Waals surface area contributed by atoms with Crippen LogP contribution in [0.5, 0.6) is 0 Å². The van der Waals surface area contributed by atoms with Crippen LogP contribution in [0.1, 0.15) is 0 Å². The number of halogens is 3. The third-order valence-corrected chi connectivity index (χ3v) is 3.21. The van der Waals surface area contributed by atoms with Gasteiger partial charge in [-0.1, -0.05) is 23.2 Å². The van der Waals surface area contributed by atoms with Gasteiger partial charge in [-0.3, -0.25) is 0 Å². The highest BCUT2D eigenvalue weighted by Crippen LogP contribution is 2.33. The molecule has 0 radical (unpaired) electrons. The molecule has 2 nitrogen and oxygen atoms in total. The van der Waals surface area contributed by atoms with Crippen LogP contribution in [0.4, 0.5) is 0 Å². The minimum absolute atomic E-state index is 0.617. The number of imidazole rings is 1. The Kier molecular flexibility index (Phi) is 3.05. The molecule has 1 aromatic heterocycles. The van der Waals surface area contributed by atoms with Crippen LogP contribution in [0.2, 0.25) is 10.0 Å².